The van der Waals surface area contributed by atoms with Crippen molar-refractivity contribution in [3.05, 3.63) is 87.6 Å². The van der Waals surface area contributed by atoms with Gasteiger partial charge in [0, 0.05) is 47.2 Å². The van der Waals surface area contributed by atoms with E-state index in [1.54, 1.807) is 24.3 Å². The highest BCUT2D eigenvalue weighted by Gasteiger charge is 2.22. The monoisotopic (exact) mass is 498 g/mol. The number of carbonyl (C=O) groups is 1. The number of non-ortho nitro benzene ring substituents is 1. The minimum absolute atomic E-state index is 0.0133. The Balaban J connectivity index is 1.54. The van der Waals surface area contributed by atoms with Gasteiger partial charge in [0.2, 0.25) is 0 Å². The highest BCUT2D eigenvalue weighted by atomic mass is 16.6. The second-order valence-electron chi connectivity index (χ2n) is 9.73. The van der Waals surface area contributed by atoms with Crippen LogP contribution in [0.1, 0.15) is 47.2 Å². The lowest BCUT2D eigenvalue weighted by Gasteiger charge is -2.26. The summed E-state index contributed by atoms with van der Waals surface area (Å²) in [5.41, 5.74) is 11.6. The van der Waals surface area contributed by atoms with E-state index in [9.17, 15) is 14.9 Å². The number of rotatable bonds is 6. The lowest BCUT2D eigenvalue weighted by atomic mass is 9.91. The van der Waals surface area contributed by atoms with Crippen LogP contribution in [0.3, 0.4) is 0 Å². The Morgan fingerprint density at radius 2 is 1.73 bits per heavy atom. The van der Waals surface area contributed by atoms with E-state index in [2.05, 4.69) is 10.6 Å². The normalized spacial score (nSPS) is 17.5. The average molecular weight is 499 g/mol. The molecule has 0 spiro atoms. The van der Waals surface area contributed by atoms with Crippen LogP contribution >= 0.6 is 0 Å². The van der Waals surface area contributed by atoms with Gasteiger partial charge in [-0.25, -0.2) is 4.98 Å². The summed E-state index contributed by atoms with van der Waals surface area (Å²) in [5, 5.41) is 17.8. The van der Waals surface area contributed by atoms with Crippen molar-refractivity contribution in [1.82, 2.24) is 14.7 Å². The van der Waals surface area contributed by atoms with E-state index in [4.69, 9.17) is 10.7 Å². The first-order valence-corrected chi connectivity index (χ1v) is 12.5. The number of nitrogens with one attached hydrogen (secondary N) is 2. The highest BCUT2D eigenvalue weighted by molar-refractivity contribution is 5.95. The summed E-state index contributed by atoms with van der Waals surface area (Å²) in [7, 11) is 0. The zero-order chi connectivity index (χ0) is 26.1. The molecule has 1 fully saturated rings. The van der Waals surface area contributed by atoms with E-state index in [-0.39, 0.29) is 23.7 Å². The maximum absolute atomic E-state index is 13.0. The third-order valence-corrected chi connectivity index (χ3v) is 7.07. The molecule has 0 radical (unpaired) electrons. The van der Waals surface area contributed by atoms with Gasteiger partial charge in [-0.05, 0) is 74.9 Å². The summed E-state index contributed by atoms with van der Waals surface area (Å²) in [6.07, 6.45) is 5.42. The average Bonchev–Trinajstić information content (AvgIpc) is 3.25. The molecule has 4 aromatic rings. The van der Waals surface area contributed by atoms with Crippen molar-refractivity contribution in [2.45, 2.75) is 51.6 Å². The molecule has 2 aromatic heterocycles. The number of hydrogen-bond donors (Lipinski definition) is 3. The zero-order valence-corrected chi connectivity index (χ0v) is 20.9. The number of imidazole rings is 1. The number of amides is 1. The molecule has 1 aliphatic carbocycles. The van der Waals surface area contributed by atoms with Crippen LogP contribution in [0.15, 0.2) is 60.8 Å². The van der Waals surface area contributed by atoms with Crippen LogP contribution in [0.2, 0.25) is 0 Å². The second kappa shape index (κ2) is 10.0. The van der Waals surface area contributed by atoms with E-state index in [0.717, 1.165) is 53.9 Å². The number of hydrogen-bond acceptors (Lipinski definition) is 6. The second-order valence-corrected chi connectivity index (χ2v) is 9.73. The van der Waals surface area contributed by atoms with Crippen molar-refractivity contribution < 1.29 is 9.72 Å². The van der Waals surface area contributed by atoms with Gasteiger partial charge in [-0.3, -0.25) is 19.3 Å². The van der Waals surface area contributed by atoms with Crippen molar-refractivity contribution in [1.29, 1.82) is 0 Å². The SMILES string of the molecule is Cc1cccc(C)c1Nc1c(-c2ccc([N+](=O)[O-])cc2)nc2cc(C(=O)NC3CCC(N)CC3)ccn12. The van der Waals surface area contributed by atoms with E-state index in [1.807, 2.05) is 42.6 Å². The highest BCUT2D eigenvalue weighted by Crippen LogP contribution is 2.34. The fourth-order valence-corrected chi connectivity index (χ4v) is 4.91. The number of aromatic nitrogens is 2. The summed E-state index contributed by atoms with van der Waals surface area (Å²) >= 11 is 0. The number of nitrogens with zero attached hydrogens (tertiary/aromatic N) is 3. The number of pyridine rings is 1. The lowest BCUT2D eigenvalue weighted by molar-refractivity contribution is -0.384. The van der Waals surface area contributed by atoms with Crippen LogP contribution in [-0.2, 0) is 0 Å². The van der Waals surface area contributed by atoms with E-state index >= 15 is 0 Å². The number of aryl methyl sites for hydroxylation is 2. The number of anilines is 2. The van der Waals surface area contributed by atoms with Gasteiger partial charge in [-0.1, -0.05) is 18.2 Å². The Bertz CT molecular complexity index is 1450. The van der Waals surface area contributed by atoms with Crippen LogP contribution in [0.25, 0.3) is 16.9 Å². The minimum atomic E-state index is -0.422. The molecule has 190 valence electrons. The summed E-state index contributed by atoms with van der Waals surface area (Å²) in [6.45, 7) is 4.06. The summed E-state index contributed by atoms with van der Waals surface area (Å²) in [4.78, 5) is 28.6. The van der Waals surface area contributed by atoms with Gasteiger partial charge in [0.1, 0.15) is 17.2 Å². The number of carbonyl (C=O) groups excluding carboxylic acids is 1. The van der Waals surface area contributed by atoms with Crippen molar-refractivity contribution in [2.75, 3.05) is 5.32 Å². The first kappa shape index (κ1) is 24.5. The van der Waals surface area contributed by atoms with Crippen molar-refractivity contribution >= 4 is 28.7 Å². The topological polar surface area (TPSA) is 128 Å². The smallest absolute Gasteiger partial charge is 0.269 e. The van der Waals surface area contributed by atoms with Gasteiger partial charge < -0.3 is 16.4 Å². The molecule has 0 saturated heterocycles. The van der Waals surface area contributed by atoms with Crippen LogP contribution in [0, 0.1) is 24.0 Å². The van der Waals surface area contributed by atoms with Crippen LogP contribution in [0.4, 0.5) is 17.2 Å². The van der Waals surface area contributed by atoms with Gasteiger partial charge >= 0.3 is 0 Å². The molecule has 0 unspecified atom stereocenters. The fraction of sp³-hybridized carbons (Fsp3) is 0.286. The van der Waals surface area contributed by atoms with E-state index in [1.165, 1.54) is 12.1 Å². The van der Waals surface area contributed by atoms with Gasteiger partial charge in [0.25, 0.3) is 11.6 Å². The van der Waals surface area contributed by atoms with Crippen LogP contribution in [0.5, 0.6) is 0 Å². The summed E-state index contributed by atoms with van der Waals surface area (Å²) < 4.78 is 1.90. The lowest BCUT2D eigenvalue weighted by Crippen LogP contribution is -2.40. The molecule has 37 heavy (non-hydrogen) atoms. The van der Waals surface area contributed by atoms with E-state index < -0.39 is 4.92 Å². The molecule has 9 nitrogen and oxygen atoms in total. The molecule has 9 heteroatoms. The maximum Gasteiger partial charge on any atom is 0.269 e. The van der Waals surface area contributed by atoms with Gasteiger partial charge in [-0.2, -0.15) is 0 Å². The molecule has 2 heterocycles. The molecule has 1 saturated carbocycles. The number of fused-ring (bicyclic) bond motifs is 1. The Morgan fingerprint density at radius 1 is 1.05 bits per heavy atom. The Morgan fingerprint density at radius 3 is 2.38 bits per heavy atom. The number of para-hydroxylation sites is 1. The number of benzene rings is 2. The quantitative estimate of drug-likeness (QED) is 0.245. The minimum Gasteiger partial charge on any atom is -0.349 e. The standard InChI is InChI=1S/C28H30N6O3/c1-17-4-3-5-18(2)25(17)32-27-26(19-6-12-23(13-7-19)34(36)37)31-24-16-20(14-15-33(24)27)28(35)30-22-10-8-21(29)9-11-22/h3-7,12-16,21-22,32H,8-11,29H2,1-2H3,(H,30,35). The number of nitrogens with two attached hydrogens (primary N) is 1. The molecule has 1 amide bonds. The predicted octanol–water partition coefficient (Wildman–Crippen LogP) is 5.27. The Hall–Kier alpha value is -4.24. The first-order chi connectivity index (χ1) is 17.8. The van der Waals surface area contributed by atoms with Gasteiger partial charge in [0.15, 0.2) is 0 Å². The summed E-state index contributed by atoms with van der Waals surface area (Å²) in [5.74, 6) is 0.585. The molecule has 5 rings (SSSR count). The molecular weight excluding hydrogens is 468 g/mol. The molecule has 2 aromatic carbocycles. The summed E-state index contributed by atoms with van der Waals surface area (Å²) in [6, 6.07) is 16.3. The van der Waals surface area contributed by atoms with Gasteiger partial charge in [-0.15, -0.1) is 0 Å². The molecule has 4 N–H and O–H groups in total. The first-order valence-electron chi connectivity index (χ1n) is 12.5. The molecule has 0 atom stereocenters. The molecule has 1 aliphatic rings. The Kier molecular flexibility index (Phi) is 6.62. The van der Waals surface area contributed by atoms with Crippen molar-refractivity contribution in [3.8, 4) is 11.3 Å². The maximum atomic E-state index is 13.0. The fourth-order valence-electron chi connectivity index (χ4n) is 4.91. The third kappa shape index (κ3) is 5.03. The van der Waals surface area contributed by atoms with Crippen LogP contribution in [-0.4, -0.2) is 32.3 Å². The number of nitro benzene ring substituents is 1. The van der Waals surface area contributed by atoms with Crippen molar-refractivity contribution in [2.24, 2.45) is 5.73 Å². The molecule has 0 bridgehead atoms. The van der Waals surface area contributed by atoms with E-state index in [0.29, 0.717) is 16.9 Å². The molecule has 0 aliphatic heterocycles. The third-order valence-electron chi connectivity index (χ3n) is 7.07. The largest absolute Gasteiger partial charge is 0.349 e. The van der Waals surface area contributed by atoms with Crippen molar-refractivity contribution in [3.63, 3.8) is 0 Å². The number of nitro groups is 1. The zero-order valence-electron chi connectivity index (χ0n) is 20.9. The predicted molar refractivity (Wildman–Crippen MR) is 144 cm³/mol. The van der Waals surface area contributed by atoms with Gasteiger partial charge in [0.05, 0.1) is 4.92 Å². The Labute approximate surface area is 214 Å². The molecular formula is C28H30N6O3. The van der Waals surface area contributed by atoms with Crippen LogP contribution < -0.4 is 16.4 Å².